The van der Waals surface area contributed by atoms with E-state index in [0.29, 0.717) is 24.8 Å². The maximum Gasteiger partial charge on any atom is 0.309 e. The van der Waals surface area contributed by atoms with Crippen molar-refractivity contribution < 1.29 is 14.1 Å². The van der Waals surface area contributed by atoms with Crippen LogP contribution in [-0.4, -0.2) is 41.7 Å². The molecule has 6 heteroatoms. The number of hydrogen-bond donors (Lipinski definition) is 0. The summed E-state index contributed by atoms with van der Waals surface area (Å²) in [6.07, 6.45) is 0. The zero-order valence-corrected chi connectivity index (χ0v) is 12.6. The predicted molar refractivity (Wildman–Crippen MR) is 70.5 cm³/mol. The molecule has 0 saturated heterocycles. The molecule has 1 rings (SSSR count). The molecule has 1 aromatic rings. The van der Waals surface area contributed by atoms with Crippen LogP contribution in [0, 0.1) is 5.92 Å². The number of carbonyl (C=O) groups excluding carboxylic acids is 1. The van der Waals surface area contributed by atoms with Crippen molar-refractivity contribution in [1.82, 2.24) is 15.0 Å². The molecule has 0 aliphatic heterocycles. The lowest BCUT2D eigenvalue weighted by Crippen LogP contribution is -2.29. The average molecular weight is 269 g/mol. The molecule has 0 aromatic carbocycles. The first-order valence-electron chi connectivity index (χ1n) is 6.33. The third-order valence-electron chi connectivity index (χ3n) is 2.73. The Balaban J connectivity index is 2.55. The Labute approximate surface area is 114 Å². The van der Waals surface area contributed by atoms with Crippen LogP contribution in [0.4, 0.5) is 0 Å². The Morgan fingerprint density at radius 3 is 2.58 bits per heavy atom. The minimum atomic E-state index is -0.215. The summed E-state index contributed by atoms with van der Waals surface area (Å²) in [5, 5.41) is 3.97. The van der Waals surface area contributed by atoms with Crippen LogP contribution < -0.4 is 0 Å². The highest BCUT2D eigenvalue weighted by Crippen LogP contribution is 2.18. The number of methoxy groups -OCH3 is 1. The van der Waals surface area contributed by atoms with Crippen molar-refractivity contribution in [2.24, 2.45) is 5.92 Å². The molecule has 0 N–H and O–H groups in total. The van der Waals surface area contributed by atoms with Crippen molar-refractivity contribution in [2.45, 2.75) is 39.7 Å². The molecule has 108 valence electrons. The fraction of sp³-hybridized carbons (Fsp3) is 0.769. The molecule has 1 aromatic heterocycles. The Morgan fingerprint density at radius 1 is 1.47 bits per heavy atom. The lowest BCUT2D eigenvalue weighted by Gasteiger charge is -2.17. The summed E-state index contributed by atoms with van der Waals surface area (Å²) in [7, 11) is 3.30. The number of nitrogens with zero attached hydrogens (tertiary/aromatic N) is 3. The SMILES string of the molecule is COC(=O)C(C)CN(C)Cc1nc(C(C)(C)C)no1. The van der Waals surface area contributed by atoms with Gasteiger partial charge in [-0.3, -0.25) is 9.69 Å². The minimum absolute atomic E-state index is 0.125. The Morgan fingerprint density at radius 2 is 2.11 bits per heavy atom. The van der Waals surface area contributed by atoms with Gasteiger partial charge in [-0.1, -0.05) is 32.9 Å². The van der Waals surface area contributed by atoms with Gasteiger partial charge >= 0.3 is 5.97 Å². The number of ether oxygens (including phenoxy) is 1. The molecule has 0 aliphatic rings. The zero-order valence-electron chi connectivity index (χ0n) is 12.6. The van der Waals surface area contributed by atoms with Crippen LogP contribution in [0.1, 0.15) is 39.4 Å². The first kappa shape index (κ1) is 15.6. The van der Waals surface area contributed by atoms with Gasteiger partial charge in [-0.25, -0.2) is 0 Å². The Kier molecular flexibility index (Phi) is 5.05. The second kappa shape index (κ2) is 6.14. The second-order valence-electron chi connectivity index (χ2n) is 5.88. The van der Waals surface area contributed by atoms with Gasteiger partial charge in [0.25, 0.3) is 0 Å². The third-order valence-corrected chi connectivity index (χ3v) is 2.73. The normalized spacial score (nSPS) is 13.6. The van der Waals surface area contributed by atoms with Crippen molar-refractivity contribution in [3.05, 3.63) is 11.7 Å². The van der Waals surface area contributed by atoms with E-state index in [1.54, 1.807) is 0 Å². The molecule has 6 nitrogen and oxygen atoms in total. The highest BCUT2D eigenvalue weighted by Gasteiger charge is 2.22. The van der Waals surface area contributed by atoms with Gasteiger partial charge in [-0.2, -0.15) is 4.98 Å². The zero-order chi connectivity index (χ0) is 14.6. The van der Waals surface area contributed by atoms with Gasteiger partial charge in [0.15, 0.2) is 5.82 Å². The smallest absolute Gasteiger partial charge is 0.309 e. The summed E-state index contributed by atoms with van der Waals surface area (Å²) in [4.78, 5) is 17.7. The van der Waals surface area contributed by atoms with E-state index in [4.69, 9.17) is 9.26 Å². The summed E-state index contributed by atoms with van der Waals surface area (Å²) in [6, 6.07) is 0. The van der Waals surface area contributed by atoms with Crippen molar-refractivity contribution in [3.8, 4) is 0 Å². The van der Waals surface area contributed by atoms with Gasteiger partial charge < -0.3 is 9.26 Å². The van der Waals surface area contributed by atoms with Crippen LogP contribution in [-0.2, 0) is 21.5 Å². The van der Waals surface area contributed by atoms with Crippen molar-refractivity contribution in [2.75, 3.05) is 20.7 Å². The summed E-state index contributed by atoms with van der Waals surface area (Å²) in [6.45, 7) is 9.03. The van der Waals surface area contributed by atoms with Crippen molar-refractivity contribution in [1.29, 1.82) is 0 Å². The molecule has 19 heavy (non-hydrogen) atoms. The standard InChI is InChI=1S/C13H23N3O3/c1-9(11(17)18-6)7-16(5)8-10-14-12(15-19-10)13(2,3)4/h9H,7-8H2,1-6H3. The quantitative estimate of drug-likeness (QED) is 0.756. The number of esters is 1. The lowest BCUT2D eigenvalue weighted by atomic mass is 9.96. The molecule has 0 bridgehead atoms. The first-order chi connectivity index (χ1) is 8.74. The maximum atomic E-state index is 11.3. The molecule has 0 spiro atoms. The molecule has 1 atom stereocenters. The van der Waals surface area contributed by atoms with Gasteiger partial charge in [0.05, 0.1) is 19.6 Å². The van der Waals surface area contributed by atoms with Gasteiger partial charge in [-0.15, -0.1) is 0 Å². The number of aromatic nitrogens is 2. The Hall–Kier alpha value is -1.43. The molecule has 1 heterocycles. The average Bonchev–Trinajstić information content (AvgIpc) is 2.75. The molecule has 0 aliphatic carbocycles. The maximum absolute atomic E-state index is 11.3. The highest BCUT2D eigenvalue weighted by molar-refractivity contribution is 5.71. The summed E-state index contributed by atoms with van der Waals surface area (Å²) in [5.41, 5.74) is -0.125. The van der Waals surface area contributed by atoms with E-state index in [9.17, 15) is 4.79 Å². The van der Waals surface area contributed by atoms with Gasteiger partial charge in [-0.05, 0) is 7.05 Å². The summed E-state index contributed by atoms with van der Waals surface area (Å²) < 4.78 is 9.91. The topological polar surface area (TPSA) is 68.5 Å². The van der Waals surface area contributed by atoms with E-state index in [2.05, 4.69) is 10.1 Å². The largest absolute Gasteiger partial charge is 0.469 e. The molecule has 0 saturated carbocycles. The van der Waals surface area contributed by atoms with Crippen LogP contribution >= 0.6 is 0 Å². The third kappa shape index (κ3) is 4.63. The molecule has 0 radical (unpaired) electrons. The number of hydrogen-bond acceptors (Lipinski definition) is 6. The molecule has 0 amide bonds. The Bertz CT molecular complexity index is 423. The lowest BCUT2D eigenvalue weighted by molar-refractivity contribution is -0.145. The van der Waals surface area contributed by atoms with E-state index >= 15 is 0 Å². The van der Waals surface area contributed by atoms with Crippen molar-refractivity contribution in [3.63, 3.8) is 0 Å². The van der Waals surface area contributed by atoms with Crippen molar-refractivity contribution >= 4 is 5.97 Å². The minimum Gasteiger partial charge on any atom is -0.469 e. The predicted octanol–water partition coefficient (Wildman–Crippen LogP) is 1.61. The fourth-order valence-electron chi connectivity index (χ4n) is 1.66. The van der Waals surface area contributed by atoms with Gasteiger partial charge in [0, 0.05) is 12.0 Å². The monoisotopic (exact) mass is 269 g/mol. The van der Waals surface area contributed by atoms with E-state index < -0.39 is 0 Å². The molecular formula is C13H23N3O3. The number of rotatable bonds is 5. The fourth-order valence-corrected chi connectivity index (χ4v) is 1.66. The van der Waals surface area contributed by atoms with E-state index in [0.717, 1.165) is 0 Å². The van der Waals surface area contributed by atoms with Crippen LogP contribution in [0.15, 0.2) is 4.52 Å². The first-order valence-corrected chi connectivity index (χ1v) is 6.33. The summed E-state index contributed by atoms with van der Waals surface area (Å²) in [5.74, 6) is 0.856. The second-order valence-corrected chi connectivity index (χ2v) is 5.88. The van der Waals surface area contributed by atoms with Gasteiger partial charge in [0.2, 0.25) is 5.89 Å². The highest BCUT2D eigenvalue weighted by atomic mass is 16.5. The number of carbonyl (C=O) groups is 1. The van der Waals surface area contributed by atoms with E-state index in [1.807, 2.05) is 39.6 Å². The van der Waals surface area contributed by atoms with Crippen LogP contribution in [0.3, 0.4) is 0 Å². The van der Waals surface area contributed by atoms with Crippen LogP contribution in [0.25, 0.3) is 0 Å². The van der Waals surface area contributed by atoms with Crippen LogP contribution in [0.5, 0.6) is 0 Å². The molecule has 0 fully saturated rings. The molecular weight excluding hydrogens is 246 g/mol. The van der Waals surface area contributed by atoms with E-state index in [1.165, 1.54) is 7.11 Å². The van der Waals surface area contributed by atoms with E-state index in [-0.39, 0.29) is 17.3 Å². The summed E-state index contributed by atoms with van der Waals surface area (Å²) >= 11 is 0. The molecule has 1 unspecified atom stereocenters. The van der Waals surface area contributed by atoms with Gasteiger partial charge in [0.1, 0.15) is 0 Å². The van der Waals surface area contributed by atoms with Crippen LogP contribution in [0.2, 0.25) is 0 Å².